The predicted molar refractivity (Wildman–Crippen MR) is 356 cm³/mol. The third kappa shape index (κ3) is 6.03. The fourth-order valence-corrected chi connectivity index (χ4v) is 22.4. The molecule has 1 unspecified atom stereocenters. The molecule has 5 heterocycles. The van der Waals surface area contributed by atoms with E-state index >= 15 is 0 Å². The van der Waals surface area contributed by atoms with Crippen LogP contribution in [0.2, 0.25) is 0 Å². The van der Waals surface area contributed by atoms with Crippen LogP contribution in [0, 0.1) is 0 Å². The van der Waals surface area contributed by atoms with E-state index < -0.39 is 18.3 Å². The van der Waals surface area contributed by atoms with E-state index in [9.17, 15) is 0 Å². The Labute approximate surface area is 497 Å². The molecule has 7 nitrogen and oxygen atoms in total. The zero-order chi connectivity index (χ0) is 56.4. The van der Waals surface area contributed by atoms with Gasteiger partial charge in [-0.3, -0.25) is 0 Å². The Balaban J connectivity index is 0.967. The summed E-state index contributed by atoms with van der Waals surface area (Å²) >= 11 is 0. The summed E-state index contributed by atoms with van der Waals surface area (Å²) in [5.41, 5.74) is 31.9. The van der Waals surface area contributed by atoms with Crippen LogP contribution in [-0.4, -0.2) is 18.3 Å². The zero-order valence-corrected chi connectivity index (χ0v) is 50.0. The molecule has 0 spiro atoms. The first kappa shape index (κ1) is 47.4. The summed E-state index contributed by atoms with van der Waals surface area (Å²) in [5, 5.41) is 8.49. The van der Waals surface area contributed by atoms with Crippen molar-refractivity contribution in [2.75, 3.05) is 25.3 Å². The molecule has 0 amide bonds. The standard InChI is InChI=1S/C76H55N5O2Si2/c1-75(2)53-34-20-18-32-49(53)51-42-61-71-67(63(51)75)80(46-27-13-7-14-28-46)55-36-21-35-54(70(55)84-71)79(45-25-11-6-12-26-45)66-62-43(40-60(82-61)65(66)77)39-57-74-69(62)83-59-38-22-37-56-72(59)85(74)73-58(78(57)44-23-9-5-10-24-44)41-50-48-31-17-19-33-52(48)76(3,4)64(50)68(73)81(56)47-29-15-8-16-30-47/h5-42,85H,77,84H2,1-4H3. The topological polar surface area (TPSA) is 57.4 Å². The van der Waals surface area contributed by atoms with Crippen molar-refractivity contribution in [2.24, 2.45) is 0 Å². The van der Waals surface area contributed by atoms with E-state index in [1.807, 2.05) is 0 Å². The summed E-state index contributed by atoms with van der Waals surface area (Å²) in [6.07, 6.45) is 0. The van der Waals surface area contributed by atoms with Crippen LogP contribution in [-0.2, 0) is 10.8 Å². The maximum atomic E-state index is 8.11. The molecule has 2 N–H and O–H groups in total. The highest BCUT2D eigenvalue weighted by atomic mass is 28.3. The molecule has 0 saturated carbocycles. The number of rotatable bonds is 4. The second-order valence-corrected chi connectivity index (χ2v) is 29.2. The highest BCUT2D eigenvalue weighted by Crippen LogP contribution is 2.62. The fraction of sp³-hybridized carbons (Fsp3) is 0.0789. The van der Waals surface area contributed by atoms with Gasteiger partial charge in [0.25, 0.3) is 0 Å². The highest BCUT2D eigenvalue weighted by Gasteiger charge is 2.53. The third-order valence-electron chi connectivity index (χ3n) is 19.8. The van der Waals surface area contributed by atoms with E-state index in [-0.39, 0.29) is 10.8 Å². The van der Waals surface area contributed by atoms with Gasteiger partial charge in [-0.15, -0.1) is 0 Å². The van der Waals surface area contributed by atoms with Crippen molar-refractivity contribution in [1.82, 2.24) is 0 Å². The summed E-state index contributed by atoms with van der Waals surface area (Å²) < 4.78 is 15.7. The van der Waals surface area contributed by atoms with Gasteiger partial charge in [0.05, 0.1) is 28.1 Å². The Kier molecular flexibility index (Phi) is 9.26. The normalized spacial score (nSPS) is 16.7. The molecule has 4 bridgehead atoms. The smallest absolute Gasteiger partial charge is 0.153 e. The Bertz CT molecular complexity index is 4970. The maximum absolute atomic E-state index is 8.11. The van der Waals surface area contributed by atoms with Gasteiger partial charge in [0.1, 0.15) is 32.5 Å². The van der Waals surface area contributed by atoms with Crippen molar-refractivity contribution in [3.8, 4) is 45.3 Å². The van der Waals surface area contributed by atoms with Crippen LogP contribution in [0.1, 0.15) is 49.9 Å². The average Bonchev–Trinajstić information content (AvgIpc) is 1.87. The molecular weight excluding hydrogens is 1070 g/mol. The molecular formula is C76H55N5O2Si2. The largest absolute Gasteiger partial charge is 0.457 e. The van der Waals surface area contributed by atoms with Gasteiger partial charge in [0, 0.05) is 71.9 Å². The van der Waals surface area contributed by atoms with E-state index in [1.54, 1.807) is 0 Å². The first-order chi connectivity index (χ1) is 41.6. The van der Waals surface area contributed by atoms with Gasteiger partial charge >= 0.3 is 0 Å². The predicted octanol–water partition coefficient (Wildman–Crippen LogP) is 15.4. The van der Waals surface area contributed by atoms with Crippen molar-refractivity contribution in [2.45, 2.75) is 38.5 Å². The van der Waals surface area contributed by atoms with Crippen molar-refractivity contribution in [3.05, 3.63) is 253 Å². The number of nitrogens with two attached hydrogens (primary N) is 1. The molecule has 19 rings (SSSR count). The number of para-hydroxylation sites is 4. The van der Waals surface area contributed by atoms with E-state index in [0.29, 0.717) is 11.4 Å². The summed E-state index contributed by atoms with van der Waals surface area (Å²) in [6.45, 7) is 9.67. The Morgan fingerprint density at radius 3 is 1.48 bits per heavy atom. The zero-order valence-electron chi connectivity index (χ0n) is 47.4. The lowest BCUT2D eigenvalue weighted by molar-refractivity contribution is 0.488. The molecule has 404 valence electrons. The van der Waals surface area contributed by atoms with E-state index in [1.165, 1.54) is 98.9 Å². The number of hydrogen-bond acceptors (Lipinski definition) is 7. The lowest BCUT2D eigenvalue weighted by Crippen LogP contribution is -2.63. The molecule has 0 saturated heterocycles. The molecule has 9 heteroatoms. The van der Waals surface area contributed by atoms with Crippen LogP contribution < -0.4 is 60.7 Å². The first-order valence-electron chi connectivity index (χ1n) is 29.7. The molecule has 0 fully saturated rings. The Morgan fingerprint density at radius 2 is 0.871 bits per heavy atom. The molecule has 12 aromatic carbocycles. The first-order valence-corrected chi connectivity index (χ1v) is 32.9. The number of benzene rings is 12. The number of ether oxygens (including phenoxy) is 2. The van der Waals surface area contributed by atoms with Crippen LogP contribution in [0.15, 0.2) is 231 Å². The molecule has 5 aliphatic heterocycles. The number of nitrogens with zero attached hydrogens (tertiary/aromatic N) is 4. The summed E-state index contributed by atoms with van der Waals surface area (Å²) in [5.74, 6) is 3.23. The van der Waals surface area contributed by atoms with Crippen LogP contribution >= 0.6 is 0 Å². The molecule has 12 aromatic rings. The quantitative estimate of drug-likeness (QED) is 0.139. The van der Waals surface area contributed by atoms with Crippen molar-refractivity contribution >= 4 is 129 Å². The van der Waals surface area contributed by atoms with Crippen molar-refractivity contribution in [3.63, 3.8) is 0 Å². The SMILES string of the molecule is CC1(C)c2ccccc2-c2cc3c4c(c21)N(c1ccccc1)c1cccc(c1[SiH2]4)N(c1ccccc1)c1c(N)c(cc2cc4c5c(c12)Oc1cccc2c1[SiH]5c1c(cc5c(c1N2c1ccccc1)C(C)(C)c1ccccc1-5)N4c1ccccc1)O3. The molecule has 85 heavy (non-hydrogen) atoms. The van der Waals surface area contributed by atoms with Crippen LogP contribution in [0.5, 0.6) is 23.0 Å². The van der Waals surface area contributed by atoms with Crippen LogP contribution in [0.4, 0.5) is 73.9 Å². The van der Waals surface area contributed by atoms with Gasteiger partial charge in [-0.25, -0.2) is 0 Å². The van der Waals surface area contributed by atoms with Crippen LogP contribution in [0.25, 0.3) is 33.0 Å². The molecule has 7 aliphatic rings. The monoisotopic (exact) mass is 1130 g/mol. The number of fused-ring (bicyclic) bond motifs is 13. The minimum atomic E-state index is -2.52. The van der Waals surface area contributed by atoms with Gasteiger partial charge in [-0.05, 0) is 157 Å². The van der Waals surface area contributed by atoms with Gasteiger partial charge < -0.3 is 34.8 Å². The third-order valence-corrected chi connectivity index (χ3v) is 25.4. The van der Waals surface area contributed by atoms with E-state index in [4.69, 9.17) is 15.2 Å². The lowest BCUT2D eigenvalue weighted by atomic mass is 9.81. The number of anilines is 13. The van der Waals surface area contributed by atoms with Crippen molar-refractivity contribution < 1.29 is 9.47 Å². The minimum absolute atomic E-state index is 0.293. The molecule has 1 atom stereocenters. The van der Waals surface area contributed by atoms with E-state index in [2.05, 4.69) is 278 Å². The number of hydrogen-bond donors (Lipinski definition) is 1. The lowest BCUT2D eigenvalue weighted by Gasteiger charge is -2.49. The Morgan fingerprint density at radius 1 is 0.376 bits per heavy atom. The van der Waals surface area contributed by atoms with Gasteiger partial charge in [0.15, 0.2) is 14.5 Å². The minimum Gasteiger partial charge on any atom is -0.457 e. The van der Waals surface area contributed by atoms with E-state index in [0.717, 1.165) is 67.8 Å². The second-order valence-electron chi connectivity index (χ2n) is 24.9. The second kappa shape index (κ2) is 16.6. The van der Waals surface area contributed by atoms with Crippen molar-refractivity contribution in [1.29, 1.82) is 0 Å². The summed E-state index contributed by atoms with van der Waals surface area (Å²) in [7, 11) is -3.84. The molecule has 2 aliphatic carbocycles. The fourth-order valence-electron chi connectivity index (χ4n) is 16.4. The van der Waals surface area contributed by atoms with Gasteiger partial charge in [0.2, 0.25) is 0 Å². The molecule has 0 aromatic heterocycles. The summed E-state index contributed by atoms with van der Waals surface area (Å²) in [6, 6.07) is 85.2. The van der Waals surface area contributed by atoms with Gasteiger partial charge in [-0.1, -0.05) is 161 Å². The van der Waals surface area contributed by atoms with Gasteiger partial charge in [-0.2, -0.15) is 0 Å². The summed E-state index contributed by atoms with van der Waals surface area (Å²) in [4.78, 5) is 10.2. The average molecular weight is 1130 g/mol. The number of nitrogen functional groups attached to an aromatic ring is 1. The van der Waals surface area contributed by atoms with Crippen LogP contribution in [0.3, 0.4) is 0 Å². The molecule has 0 radical (unpaired) electrons. The maximum Gasteiger partial charge on any atom is 0.153 e. The highest BCUT2D eigenvalue weighted by molar-refractivity contribution is 7.02. The Hall–Kier alpha value is -10.1.